The minimum atomic E-state index is -5.07. The number of aromatic nitrogens is 2. The van der Waals surface area contributed by atoms with Crippen LogP contribution in [0, 0.1) is 0 Å². The van der Waals surface area contributed by atoms with Crippen LogP contribution in [0.1, 0.15) is 33.9 Å². The first kappa shape index (κ1) is 37.0. The fourth-order valence-corrected chi connectivity index (χ4v) is 5.16. The Balaban J connectivity index is 1.75. The highest BCUT2D eigenvalue weighted by atomic mass is 32.2. The number of rotatable bonds is 11. The third-order valence-electron chi connectivity index (χ3n) is 6.35. The molecule has 2 aliphatic rings. The number of hydrogen-bond acceptors (Lipinski definition) is 18. The van der Waals surface area contributed by atoms with Gasteiger partial charge in [0.2, 0.25) is 12.2 Å². The van der Waals surface area contributed by atoms with Crippen LogP contribution in [-0.4, -0.2) is 120 Å². The smallest absolute Gasteiger partial charge is 0.425 e. The predicted octanol–water partition coefficient (Wildman–Crippen LogP) is -4.20. The second kappa shape index (κ2) is 15.4. The normalized spacial score (nSPS) is 28.9. The van der Waals surface area contributed by atoms with Gasteiger partial charge in [0, 0.05) is 40.0 Å². The Morgan fingerprint density at radius 3 is 2.11 bits per heavy atom. The van der Waals surface area contributed by atoms with Gasteiger partial charge in [-0.3, -0.25) is 37.7 Å². The van der Waals surface area contributed by atoms with Crippen LogP contribution in [0.15, 0.2) is 21.9 Å². The molecule has 262 valence electrons. The lowest BCUT2D eigenvalue weighted by molar-refractivity contribution is -0.263. The van der Waals surface area contributed by atoms with Gasteiger partial charge in [0.25, 0.3) is 5.56 Å². The van der Waals surface area contributed by atoms with Crippen molar-refractivity contribution in [2.24, 2.45) is 0 Å². The summed E-state index contributed by atoms with van der Waals surface area (Å²) in [6.45, 7) is 2.40. The average Bonchev–Trinajstić information content (AvgIpc) is 3.21. The van der Waals surface area contributed by atoms with Gasteiger partial charge in [-0.15, -0.1) is 0 Å². The number of hydrogen-bond donors (Lipinski definition) is 5. The zero-order valence-electron chi connectivity index (χ0n) is 25.0. The molecule has 5 N–H and O–H groups in total. The summed E-state index contributed by atoms with van der Waals surface area (Å²) in [7, 11) is -5.07. The Hall–Kier alpha value is -4.42. The summed E-state index contributed by atoms with van der Waals surface area (Å²) >= 11 is 0. The van der Waals surface area contributed by atoms with Crippen molar-refractivity contribution in [1.82, 2.24) is 19.6 Å². The third kappa shape index (κ3) is 10.0. The molecule has 3 rings (SSSR count). The van der Waals surface area contributed by atoms with E-state index in [9.17, 15) is 52.2 Å². The molecule has 47 heavy (non-hydrogen) atoms. The molecule has 2 aliphatic heterocycles. The Labute approximate surface area is 264 Å². The molecule has 23 heteroatoms. The molecule has 1 aromatic heterocycles. The molecule has 0 radical (unpaired) electrons. The number of ether oxygens (including phenoxy) is 6. The standard InChI is InChI=1S/C24H32N4O18S/c1-9(29)25-16-20(43-12(4)32)19(42-11(3)31)14(7-40-10(2)30)45-22(16)46-24(37)27-47(38,39)41-8-13-17(34)18(35)21(44-13)28-6-5-15(33)26-23(28)36/h5-6,13-14,16-22,34-35H,7-8H2,1-4H3,(H,25,29)(H,27,37)(H,26,33,36)/t13-,14-,16-,17-,18-,19-,20-,21-,22-/m1/s1. The Kier molecular flexibility index (Phi) is 12.2. The minimum Gasteiger partial charge on any atom is -0.463 e. The zero-order valence-corrected chi connectivity index (χ0v) is 25.9. The minimum absolute atomic E-state index is 0.636. The lowest BCUT2D eigenvalue weighted by atomic mass is 9.96. The summed E-state index contributed by atoms with van der Waals surface area (Å²) in [6, 6.07) is -0.676. The third-order valence-corrected chi connectivity index (χ3v) is 7.22. The van der Waals surface area contributed by atoms with E-state index in [4.69, 9.17) is 28.4 Å². The van der Waals surface area contributed by atoms with E-state index in [1.54, 1.807) is 0 Å². The first-order chi connectivity index (χ1) is 21.9. The largest absolute Gasteiger partial charge is 0.463 e. The summed E-state index contributed by atoms with van der Waals surface area (Å²) in [4.78, 5) is 85.1. The van der Waals surface area contributed by atoms with E-state index in [-0.39, 0.29) is 0 Å². The van der Waals surface area contributed by atoms with Crippen LogP contribution >= 0.6 is 0 Å². The van der Waals surface area contributed by atoms with Crippen molar-refractivity contribution in [3.05, 3.63) is 33.1 Å². The molecule has 0 unspecified atom stereocenters. The molecule has 2 saturated heterocycles. The molecular formula is C24H32N4O18S. The molecule has 1 aromatic rings. The molecule has 0 bridgehead atoms. The molecule has 3 heterocycles. The van der Waals surface area contributed by atoms with E-state index in [2.05, 4.69) is 9.50 Å². The predicted molar refractivity (Wildman–Crippen MR) is 146 cm³/mol. The second-order valence-electron chi connectivity index (χ2n) is 10.0. The van der Waals surface area contributed by atoms with Gasteiger partial charge in [-0.2, -0.15) is 13.1 Å². The maximum Gasteiger partial charge on any atom is 0.425 e. The molecule has 2 fully saturated rings. The van der Waals surface area contributed by atoms with Crippen LogP contribution in [0.5, 0.6) is 0 Å². The lowest BCUT2D eigenvalue weighted by Gasteiger charge is -2.44. The topological polar surface area (TPSA) is 303 Å². The van der Waals surface area contributed by atoms with Gasteiger partial charge in [0.1, 0.15) is 37.1 Å². The van der Waals surface area contributed by atoms with Gasteiger partial charge in [-0.05, 0) is 0 Å². The van der Waals surface area contributed by atoms with Crippen LogP contribution in [0.4, 0.5) is 4.79 Å². The SMILES string of the molecule is CC(=O)N[C@H]1[C@@H](OC(=O)NS(=O)(=O)OC[C@H]2O[C@@H](n3ccc(=O)[nH]c3=O)[C@H](O)[C@@H]2O)O[C@H](COC(C)=O)[C@@H](OC(C)=O)[C@@H]1OC(C)=O. The van der Waals surface area contributed by atoms with Crippen molar-refractivity contribution in [2.75, 3.05) is 13.2 Å². The number of carbonyl (C=O) groups is 5. The van der Waals surface area contributed by atoms with Gasteiger partial charge in [0.05, 0.1) is 6.61 Å². The van der Waals surface area contributed by atoms with E-state index in [0.717, 1.165) is 44.5 Å². The van der Waals surface area contributed by atoms with Gasteiger partial charge in [-0.25, -0.2) is 9.59 Å². The number of nitrogens with zero attached hydrogens (tertiary/aromatic N) is 1. The van der Waals surface area contributed by atoms with E-state index in [1.165, 1.54) is 4.72 Å². The molecule has 2 amide bonds. The summed E-state index contributed by atoms with van der Waals surface area (Å²) in [5.41, 5.74) is -1.75. The van der Waals surface area contributed by atoms with Crippen molar-refractivity contribution in [3.8, 4) is 0 Å². The van der Waals surface area contributed by atoms with Crippen molar-refractivity contribution in [2.45, 2.75) is 82.9 Å². The lowest BCUT2D eigenvalue weighted by Crippen LogP contribution is -2.67. The second-order valence-corrected chi connectivity index (χ2v) is 11.4. The molecule has 9 atom stereocenters. The highest BCUT2D eigenvalue weighted by molar-refractivity contribution is 7.85. The van der Waals surface area contributed by atoms with Crippen LogP contribution in [-0.2, 0) is 62.1 Å². The van der Waals surface area contributed by atoms with E-state index < -0.39 is 120 Å². The van der Waals surface area contributed by atoms with Crippen molar-refractivity contribution in [3.63, 3.8) is 0 Å². The van der Waals surface area contributed by atoms with Crippen molar-refractivity contribution in [1.29, 1.82) is 0 Å². The first-order valence-electron chi connectivity index (χ1n) is 13.5. The Morgan fingerprint density at radius 1 is 0.894 bits per heavy atom. The zero-order chi connectivity index (χ0) is 35.2. The molecule has 0 spiro atoms. The Bertz CT molecular complexity index is 1580. The number of aliphatic hydroxyl groups is 2. The van der Waals surface area contributed by atoms with Gasteiger partial charge in [0.15, 0.2) is 18.4 Å². The summed E-state index contributed by atoms with van der Waals surface area (Å²) < 4.78 is 63.1. The number of H-pyrrole nitrogens is 1. The van der Waals surface area contributed by atoms with Crippen LogP contribution < -0.4 is 21.3 Å². The van der Waals surface area contributed by atoms with E-state index in [0.29, 0.717) is 0 Å². The first-order valence-corrected chi connectivity index (χ1v) is 14.9. The molecular weight excluding hydrogens is 664 g/mol. The van der Waals surface area contributed by atoms with Crippen LogP contribution in [0.25, 0.3) is 0 Å². The molecule has 0 aromatic carbocycles. The fourth-order valence-electron chi connectivity index (χ4n) is 4.53. The Morgan fingerprint density at radius 2 is 1.53 bits per heavy atom. The van der Waals surface area contributed by atoms with Crippen molar-refractivity contribution >= 4 is 40.2 Å². The maximum absolute atomic E-state index is 12.7. The molecule has 0 aliphatic carbocycles. The van der Waals surface area contributed by atoms with E-state index >= 15 is 0 Å². The van der Waals surface area contributed by atoms with E-state index in [1.807, 2.05) is 4.98 Å². The van der Waals surface area contributed by atoms with Crippen LogP contribution in [0.3, 0.4) is 0 Å². The summed E-state index contributed by atoms with van der Waals surface area (Å²) in [5.74, 6) is -3.42. The van der Waals surface area contributed by atoms with Crippen LogP contribution in [0.2, 0.25) is 0 Å². The number of nitrogens with one attached hydrogen (secondary N) is 3. The summed E-state index contributed by atoms with van der Waals surface area (Å²) in [6.07, 6.45) is -14.1. The van der Waals surface area contributed by atoms with Gasteiger partial charge >= 0.3 is 40.0 Å². The quantitative estimate of drug-likeness (QED) is 0.108. The number of esters is 3. The van der Waals surface area contributed by atoms with Gasteiger partial charge in [-0.1, -0.05) is 0 Å². The fraction of sp³-hybridized carbons (Fsp3) is 0.625. The van der Waals surface area contributed by atoms with Crippen molar-refractivity contribution < 1.29 is 75.2 Å². The van der Waals surface area contributed by atoms with Gasteiger partial charge < -0.3 is 44.0 Å². The average molecular weight is 697 g/mol. The number of amides is 2. The maximum atomic E-state index is 12.7. The highest BCUT2D eigenvalue weighted by Crippen LogP contribution is 2.30. The number of aliphatic hydroxyl groups excluding tert-OH is 2. The molecule has 22 nitrogen and oxygen atoms in total. The number of aromatic amines is 1. The molecule has 0 saturated carbocycles. The number of carbonyl (C=O) groups excluding carboxylic acids is 5. The monoisotopic (exact) mass is 696 g/mol. The summed E-state index contributed by atoms with van der Waals surface area (Å²) in [5, 5.41) is 22.9. The highest BCUT2D eigenvalue weighted by Gasteiger charge is 2.52.